The molecule has 0 unspecified atom stereocenters. The second kappa shape index (κ2) is 8.42. The number of benzene rings is 1. The number of nitrogens with zero attached hydrogens (tertiary/aromatic N) is 3. The van der Waals surface area contributed by atoms with Crippen LogP contribution in [-0.4, -0.2) is 32.0 Å². The summed E-state index contributed by atoms with van der Waals surface area (Å²) >= 11 is 1.39. The number of halogens is 1. The number of hydrogen-bond donors (Lipinski definition) is 1. The van der Waals surface area contributed by atoms with Gasteiger partial charge in [-0.3, -0.25) is 4.79 Å². The third-order valence-corrected chi connectivity index (χ3v) is 6.76. The monoisotopic (exact) mass is 390 g/mol. The van der Waals surface area contributed by atoms with Gasteiger partial charge in [0.1, 0.15) is 5.82 Å². The van der Waals surface area contributed by atoms with Gasteiger partial charge in [0.05, 0.1) is 5.25 Å². The highest BCUT2D eigenvalue weighted by molar-refractivity contribution is 8.00. The molecule has 27 heavy (non-hydrogen) atoms. The lowest BCUT2D eigenvalue weighted by Gasteiger charge is -2.35. The van der Waals surface area contributed by atoms with Crippen LogP contribution in [-0.2, 0) is 11.8 Å². The molecule has 0 saturated heterocycles. The molecule has 1 amide bonds. The van der Waals surface area contributed by atoms with E-state index < -0.39 is 0 Å². The summed E-state index contributed by atoms with van der Waals surface area (Å²) in [5.41, 5.74) is 0.792. The average molecular weight is 391 g/mol. The Morgan fingerprint density at radius 2 is 1.96 bits per heavy atom. The number of nitrogens with one attached hydrogen (secondary N) is 1. The van der Waals surface area contributed by atoms with Crippen molar-refractivity contribution in [3.05, 3.63) is 30.1 Å². The van der Waals surface area contributed by atoms with Crippen molar-refractivity contribution in [3.63, 3.8) is 0 Å². The molecule has 0 radical (unpaired) electrons. The molecule has 1 fully saturated rings. The first-order chi connectivity index (χ1) is 12.9. The zero-order valence-corrected chi connectivity index (χ0v) is 17.1. The molecule has 0 spiro atoms. The molecule has 1 aromatic heterocycles. The molecule has 146 valence electrons. The Morgan fingerprint density at radius 1 is 1.26 bits per heavy atom. The van der Waals surface area contributed by atoms with E-state index in [1.165, 1.54) is 36.7 Å². The molecule has 5 nitrogen and oxygen atoms in total. The number of carbonyl (C=O) groups excluding carboxylic acids is 1. The second-order valence-electron chi connectivity index (χ2n) is 7.51. The summed E-state index contributed by atoms with van der Waals surface area (Å²) in [5, 5.41) is 12.0. The smallest absolute Gasteiger partial charge is 0.233 e. The Bertz CT molecular complexity index is 792. The molecule has 1 saturated carbocycles. The predicted molar refractivity (Wildman–Crippen MR) is 106 cm³/mol. The molecule has 7 heteroatoms. The van der Waals surface area contributed by atoms with Gasteiger partial charge in [-0.25, -0.2) is 4.39 Å². The van der Waals surface area contributed by atoms with Crippen LogP contribution < -0.4 is 5.32 Å². The molecular weight excluding hydrogens is 363 g/mol. The first-order valence-electron chi connectivity index (χ1n) is 9.49. The van der Waals surface area contributed by atoms with Gasteiger partial charge in [-0.05, 0) is 49.4 Å². The highest BCUT2D eigenvalue weighted by Crippen LogP contribution is 2.30. The van der Waals surface area contributed by atoms with Gasteiger partial charge in [0.25, 0.3) is 0 Å². The first-order valence-corrected chi connectivity index (χ1v) is 10.4. The van der Waals surface area contributed by atoms with E-state index in [1.54, 1.807) is 12.1 Å². The molecule has 0 bridgehead atoms. The maximum atomic E-state index is 13.1. The first kappa shape index (κ1) is 19.9. The van der Waals surface area contributed by atoms with Crippen molar-refractivity contribution in [3.8, 4) is 11.4 Å². The minimum absolute atomic E-state index is 0.0392. The number of aromatic nitrogens is 3. The Kier molecular flexibility index (Phi) is 6.19. The SMILES string of the molecule is C[C@@H]1[C@@H](C)CCC[C@H]1NC(=O)[C@@H](C)Sc1nnc(-c2ccc(F)cc2)n1C. The topological polar surface area (TPSA) is 59.8 Å². The third kappa shape index (κ3) is 4.51. The van der Waals surface area contributed by atoms with Crippen molar-refractivity contribution in [2.24, 2.45) is 18.9 Å². The van der Waals surface area contributed by atoms with E-state index in [0.717, 1.165) is 12.0 Å². The summed E-state index contributed by atoms with van der Waals surface area (Å²) < 4.78 is 15.0. The van der Waals surface area contributed by atoms with Crippen molar-refractivity contribution in [2.75, 3.05) is 0 Å². The summed E-state index contributed by atoms with van der Waals surface area (Å²) in [6.45, 7) is 6.38. The van der Waals surface area contributed by atoms with Crippen molar-refractivity contribution >= 4 is 17.7 Å². The van der Waals surface area contributed by atoms with E-state index >= 15 is 0 Å². The Labute approximate surface area is 164 Å². The van der Waals surface area contributed by atoms with E-state index in [2.05, 4.69) is 29.4 Å². The van der Waals surface area contributed by atoms with E-state index in [4.69, 9.17) is 0 Å². The summed E-state index contributed by atoms with van der Waals surface area (Å²) in [7, 11) is 1.86. The summed E-state index contributed by atoms with van der Waals surface area (Å²) in [6, 6.07) is 6.41. The number of amides is 1. The fraction of sp³-hybridized carbons (Fsp3) is 0.550. The van der Waals surface area contributed by atoms with Gasteiger partial charge in [0, 0.05) is 18.7 Å². The van der Waals surface area contributed by atoms with Crippen molar-refractivity contribution in [2.45, 2.75) is 56.5 Å². The molecule has 2 aromatic rings. The van der Waals surface area contributed by atoms with Gasteiger partial charge in [-0.2, -0.15) is 0 Å². The lowest BCUT2D eigenvalue weighted by Crippen LogP contribution is -2.46. The fourth-order valence-corrected chi connectivity index (χ4v) is 4.39. The van der Waals surface area contributed by atoms with E-state index in [-0.39, 0.29) is 23.0 Å². The minimum Gasteiger partial charge on any atom is -0.352 e. The summed E-state index contributed by atoms with van der Waals surface area (Å²) in [5.74, 6) is 1.55. The standard InChI is InChI=1S/C20H27FN4OS/c1-12-6-5-7-17(13(12)2)22-19(26)14(3)27-20-24-23-18(25(20)4)15-8-10-16(21)11-9-15/h8-14,17H,5-7H2,1-4H3,(H,22,26)/t12-,13+,14+,17+/m0/s1. The van der Waals surface area contributed by atoms with Gasteiger partial charge >= 0.3 is 0 Å². The van der Waals surface area contributed by atoms with Crippen LogP contribution in [0.15, 0.2) is 29.4 Å². The van der Waals surface area contributed by atoms with Gasteiger partial charge in [-0.1, -0.05) is 38.5 Å². The van der Waals surface area contributed by atoms with Crippen LogP contribution in [0.25, 0.3) is 11.4 Å². The Morgan fingerprint density at radius 3 is 2.67 bits per heavy atom. The molecule has 1 aromatic carbocycles. The van der Waals surface area contributed by atoms with Crippen LogP contribution in [0.2, 0.25) is 0 Å². The lowest BCUT2D eigenvalue weighted by molar-refractivity contribution is -0.121. The highest BCUT2D eigenvalue weighted by atomic mass is 32.2. The molecule has 1 aliphatic rings. The number of carbonyl (C=O) groups is 1. The zero-order valence-electron chi connectivity index (χ0n) is 16.3. The van der Waals surface area contributed by atoms with Crippen LogP contribution in [0.1, 0.15) is 40.0 Å². The average Bonchev–Trinajstić information content (AvgIpc) is 3.00. The van der Waals surface area contributed by atoms with Crippen LogP contribution in [0.5, 0.6) is 0 Å². The predicted octanol–water partition coefficient (Wildman–Crippen LogP) is 4.04. The number of hydrogen-bond acceptors (Lipinski definition) is 4. The van der Waals surface area contributed by atoms with Gasteiger partial charge < -0.3 is 9.88 Å². The molecule has 3 rings (SSSR count). The minimum atomic E-state index is -0.285. The number of rotatable bonds is 5. The maximum Gasteiger partial charge on any atom is 0.233 e. The van der Waals surface area contributed by atoms with E-state index in [1.807, 2.05) is 18.5 Å². The molecule has 1 heterocycles. The van der Waals surface area contributed by atoms with Crippen molar-refractivity contribution in [1.29, 1.82) is 0 Å². The van der Waals surface area contributed by atoms with Gasteiger partial charge in [0.15, 0.2) is 11.0 Å². The lowest BCUT2D eigenvalue weighted by atomic mass is 9.78. The van der Waals surface area contributed by atoms with Crippen molar-refractivity contribution < 1.29 is 9.18 Å². The van der Waals surface area contributed by atoms with E-state index in [9.17, 15) is 9.18 Å². The van der Waals surface area contributed by atoms with Crippen molar-refractivity contribution in [1.82, 2.24) is 20.1 Å². The van der Waals surface area contributed by atoms with Crippen LogP contribution >= 0.6 is 11.8 Å². The highest BCUT2D eigenvalue weighted by Gasteiger charge is 2.30. The molecule has 0 aliphatic heterocycles. The fourth-order valence-electron chi connectivity index (χ4n) is 3.57. The summed E-state index contributed by atoms with van der Waals surface area (Å²) in [6.07, 6.45) is 3.46. The zero-order chi connectivity index (χ0) is 19.6. The molecular formula is C20H27FN4OS. The Hall–Kier alpha value is -1.89. The maximum absolute atomic E-state index is 13.1. The summed E-state index contributed by atoms with van der Waals surface area (Å²) in [4.78, 5) is 12.7. The molecule has 1 N–H and O–H groups in total. The third-order valence-electron chi connectivity index (χ3n) is 5.62. The number of thioether (sulfide) groups is 1. The largest absolute Gasteiger partial charge is 0.352 e. The van der Waals surface area contributed by atoms with Crippen LogP contribution in [0, 0.1) is 17.7 Å². The van der Waals surface area contributed by atoms with Gasteiger partial charge in [0.2, 0.25) is 5.91 Å². The quantitative estimate of drug-likeness (QED) is 0.783. The second-order valence-corrected chi connectivity index (χ2v) is 8.82. The molecule has 4 atom stereocenters. The van der Waals surface area contributed by atoms with Gasteiger partial charge in [-0.15, -0.1) is 10.2 Å². The molecule has 1 aliphatic carbocycles. The van der Waals surface area contributed by atoms with E-state index in [0.29, 0.717) is 22.8 Å². The van der Waals surface area contributed by atoms with Crippen LogP contribution in [0.4, 0.5) is 4.39 Å². The normalized spacial score (nSPS) is 23.8. The van der Waals surface area contributed by atoms with Crippen LogP contribution in [0.3, 0.4) is 0 Å². The Balaban J connectivity index is 1.64.